The smallest absolute Gasteiger partial charge is 0.0647 e. The molecule has 0 radical (unpaired) electrons. The summed E-state index contributed by atoms with van der Waals surface area (Å²) in [5, 5.41) is 2.14. The summed E-state index contributed by atoms with van der Waals surface area (Å²) in [5.74, 6) is 1.59. The molecule has 1 nitrogen and oxygen atoms in total. The van der Waals surface area contributed by atoms with Crippen molar-refractivity contribution >= 4 is 22.5 Å². The van der Waals surface area contributed by atoms with Crippen molar-refractivity contribution in [3.8, 4) is 0 Å². The largest absolute Gasteiger partial charge is 0.360 e. The number of benzene rings is 1. The van der Waals surface area contributed by atoms with Crippen LogP contribution in [-0.2, 0) is 0 Å². The van der Waals surface area contributed by atoms with Gasteiger partial charge in [0, 0.05) is 11.6 Å². The molecule has 1 aromatic heterocycles. The third-order valence-corrected chi connectivity index (χ3v) is 4.15. The van der Waals surface area contributed by atoms with Crippen molar-refractivity contribution < 1.29 is 0 Å². The summed E-state index contributed by atoms with van der Waals surface area (Å²) in [7, 11) is 0. The number of halogens is 1. The zero-order valence-corrected chi connectivity index (χ0v) is 10.2. The molecule has 2 unspecified atom stereocenters. The molecule has 2 atom stereocenters. The average Bonchev–Trinajstić information content (AvgIpc) is 2.84. The fraction of sp³-hybridized carbons (Fsp3) is 0.429. The van der Waals surface area contributed by atoms with Crippen LogP contribution < -0.4 is 0 Å². The van der Waals surface area contributed by atoms with Crippen molar-refractivity contribution in [3.05, 3.63) is 35.0 Å². The first-order valence-corrected chi connectivity index (χ1v) is 6.39. The monoisotopic (exact) mass is 233 g/mol. The molecule has 1 aromatic carbocycles. The van der Waals surface area contributed by atoms with Crippen LogP contribution in [0.15, 0.2) is 24.4 Å². The Balaban J connectivity index is 2.08. The minimum Gasteiger partial charge on any atom is -0.360 e. The first kappa shape index (κ1) is 10.2. The number of aromatic nitrogens is 1. The normalized spacial score (nSPS) is 25.4. The summed E-state index contributed by atoms with van der Waals surface area (Å²) < 4.78 is 0. The lowest BCUT2D eigenvalue weighted by atomic mass is 9.96. The van der Waals surface area contributed by atoms with E-state index in [0.29, 0.717) is 0 Å². The van der Waals surface area contributed by atoms with E-state index in [1.807, 2.05) is 12.1 Å². The highest BCUT2D eigenvalue weighted by atomic mass is 35.5. The van der Waals surface area contributed by atoms with E-state index in [2.05, 4.69) is 24.2 Å². The van der Waals surface area contributed by atoms with Gasteiger partial charge in [-0.2, -0.15) is 0 Å². The summed E-state index contributed by atoms with van der Waals surface area (Å²) >= 11 is 6.17. The molecule has 0 spiro atoms. The van der Waals surface area contributed by atoms with Crippen LogP contribution in [0.4, 0.5) is 0 Å². The van der Waals surface area contributed by atoms with Crippen molar-refractivity contribution in [2.45, 2.75) is 32.1 Å². The lowest BCUT2D eigenvalue weighted by Gasteiger charge is -2.08. The number of hydrogen-bond acceptors (Lipinski definition) is 0. The van der Waals surface area contributed by atoms with Gasteiger partial charge in [0.05, 0.1) is 10.5 Å². The Morgan fingerprint density at radius 1 is 1.31 bits per heavy atom. The third kappa shape index (κ3) is 1.54. The van der Waals surface area contributed by atoms with Crippen molar-refractivity contribution in [2.24, 2.45) is 5.92 Å². The maximum absolute atomic E-state index is 6.17. The van der Waals surface area contributed by atoms with Gasteiger partial charge in [-0.3, -0.25) is 0 Å². The molecule has 1 heterocycles. The first-order chi connectivity index (χ1) is 7.75. The second kappa shape index (κ2) is 3.81. The number of fused-ring (bicyclic) bond motifs is 1. The molecule has 3 rings (SSSR count). The van der Waals surface area contributed by atoms with Crippen LogP contribution in [0, 0.1) is 5.92 Å². The molecule has 1 saturated carbocycles. The van der Waals surface area contributed by atoms with E-state index in [9.17, 15) is 0 Å². The molecule has 1 fully saturated rings. The van der Waals surface area contributed by atoms with Crippen LogP contribution in [-0.4, -0.2) is 4.98 Å². The number of hydrogen-bond donors (Lipinski definition) is 1. The first-order valence-electron chi connectivity index (χ1n) is 6.01. The molecule has 1 aliphatic rings. The van der Waals surface area contributed by atoms with E-state index in [1.165, 1.54) is 30.2 Å². The number of aromatic amines is 1. The standard InChI is InChI=1S/C14H16ClN/c1-9-5-6-10(7-9)12-8-16-14-11(12)3-2-4-13(14)15/h2-4,8-10,16H,5-7H2,1H3. The minimum atomic E-state index is 0.724. The summed E-state index contributed by atoms with van der Waals surface area (Å²) in [6.07, 6.45) is 6.15. The molecule has 84 valence electrons. The fourth-order valence-corrected chi connectivity index (χ4v) is 3.20. The van der Waals surface area contributed by atoms with E-state index in [-0.39, 0.29) is 0 Å². The van der Waals surface area contributed by atoms with Gasteiger partial charge in [-0.1, -0.05) is 37.1 Å². The second-order valence-corrected chi connectivity index (χ2v) is 5.43. The Labute approximate surface area is 101 Å². The molecule has 16 heavy (non-hydrogen) atoms. The van der Waals surface area contributed by atoms with Crippen LogP contribution in [0.2, 0.25) is 5.02 Å². The van der Waals surface area contributed by atoms with Gasteiger partial charge < -0.3 is 4.98 Å². The van der Waals surface area contributed by atoms with Crippen molar-refractivity contribution in [1.29, 1.82) is 0 Å². The molecule has 0 bridgehead atoms. The highest BCUT2D eigenvalue weighted by Gasteiger charge is 2.24. The van der Waals surface area contributed by atoms with E-state index < -0.39 is 0 Å². The zero-order valence-electron chi connectivity index (χ0n) is 9.46. The Morgan fingerprint density at radius 3 is 2.94 bits per heavy atom. The number of rotatable bonds is 1. The highest BCUT2D eigenvalue weighted by molar-refractivity contribution is 6.35. The maximum atomic E-state index is 6.17. The van der Waals surface area contributed by atoms with Gasteiger partial charge in [-0.25, -0.2) is 0 Å². The van der Waals surface area contributed by atoms with E-state index in [0.717, 1.165) is 22.4 Å². The molecule has 2 aromatic rings. The van der Waals surface area contributed by atoms with Crippen molar-refractivity contribution in [3.63, 3.8) is 0 Å². The quantitative estimate of drug-likeness (QED) is 0.733. The van der Waals surface area contributed by atoms with Gasteiger partial charge in [-0.05, 0) is 36.3 Å². The average molecular weight is 234 g/mol. The zero-order chi connectivity index (χ0) is 11.1. The van der Waals surface area contributed by atoms with Crippen LogP contribution >= 0.6 is 11.6 Å². The van der Waals surface area contributed by atoms with Crippen LogP contribution in [0.3, 0.4) is 0 Å². The van der Waals surface area contributed by atoms with Gasteiger partial charge in [0.1, 0.15) is 0 Å². The lowest BCUT2D eigenvalue weighted by molar-refractivity contribution is 0.597. The van der Waals surface area contributed by atoms with Crippen molar-refractivity contribution in [1.82, 2.24) is 4.98 Å². The number of para-hydroxylation sites is 1. The fourth-order valence-electron chi connectivity index (χ4n) is 2.97. The predicted molar refractivity (Wildman–Crippen MR) is 69.1 cm³/mol. The molecule has 2 heteroatoms. The molecule has 1 N–H and O–H groups in total. The van der Waals surface area contributed by atoms with Gasteiger partial charge in [0.15, 0.2) is 0 Å². The van der Waals surface area contributed by atoms with Crippen LogP contribution in [0.5, 0.6) is 0 Å². The Morgan fingerprint density at radius 2 is 2.19 bits per heavy atom. The van der Waals surface area contributed by atoms with Gasteiger partial charge in [0.25, 0.3) is 0 Å². The van der Waals surface area contributed by atoms with Gasteiger partial charge in [-0.15, -0.1) is 0 Å². The Hall–Kier alpha value is -0.950. The molecule has 0 saturated heterocycles. The highest BCUT2D eigenvalue weighted by Crippen LogP contribution is 2.41. The topological polar surface area (TPSA) is 15.8 Å². The molecular formula is C14H16ClN. The lowest BCUT2D eigenvalue weighted by Crippen LogP contribution is -1.91. The number of H-pyrrole nitrogens is 1. The Bertz CT molecular complexity index is 514. The molecular weight excluding hydrogens is 218 g/mol. The van der Waals surface area contributed by atoms with Gasteiger partial charge >= 0.3 is 0 Å². The summed E-state index contributed by atoms with van der Waals surface area (Å²) in [5.41, 5.74) is 2.56. The summed E-state index contributed by atoms with van der Waals surface area (Å²) in [6, 6.07) is 6.16. The van der Waals surface area contributed by atoms with E-state index in [4.69, 9.17) is 11.6 Å². The van der Waals surface area contributed by atoms with Crippen molar-refractivity contribution in [2.75, 3.05) is 0 Å². The Kier molecular flexibility index (Phi) is 2.44. The van der Waals surface area contributed by atoms with Crippen LogP contribution in [0.1, 0.15) is 37.7 Å². The second-order valence-electron chi connectivity index (χ2n) is 5.02. The predicted octanol–water partition coefficient (Wildman–Crippen LogP) is 4.72. The number of nitrogens with one attached hydrogen (secondary N) is 1. The van der Waals surface area contributed by atoms with E-state index in [1.54, 1.807) is 0 Å². The maximum Gasteiger partial charge on any atom is 0.0647 e. The molecule has 0 amide bonds. The van der Waals surface area contributed by atoms with Crippen LogP contribution in [0.25, 0.3) is 10.9 Å². The summed E-state index contributed by atoms with van der Waals surface area (Å²) in [6.45, 7) is 2.35. The SMILES string of the molecule is CC1CCC(c2c[nH]c3c(Cl)cccc23)C1. The van der Waals surface area contributed by atoms with Gasteiger partial charge in [0.2, 0.25) is 0 Å². The summed E-state index contributed by atoms with van der Waals surface area (Å²) in [4.78, 5) is 3.32. The molecule has 0 aliphatic heterocycles. The van der Waals surface area contributed by atoms with E-state index >= 15 is 0 Å². The minimum absolute atomic E-state index is 0.724. The third-order valence-electron chi connectivity index (χ3n) is 3.83. The molecule has 1 aliphatic carbocycles.